The fraction of sp³-hybridized carbons (Fsp3) is 0.316. The number of para-hydroxylation sites is 1. The van der Waals surface area contributed by atoms with Crippen molar-refractivity contribution >= 4 is 17.3 Å². The van der Waals surface area contributed by atoms with Crippen molar-refractivity contribution in [3.63, 3.8) is 0 Å². The van der Waals surface area contributed by atoms with Gasteiger partial charge in [0, 0.05) is 30.5 Å². The van der Waals surface area contributed by atoms with E-state index >= 15 is 0 Å². The third kappa shape index (κ3) is 3.19. The lowest BCUT2D eigenvalue weighted by Gasteiger charge is -2.39. The maximum atomic E-state index is 13.1. The van der Waals surface area contributed by atoms with E-state index < -0.39 is 22.5 Å². The van der Waals surface area contributed by atoms with Gasteiger partial charge in [-0.3, -0.25) is 14.9 Å². The molecule has 0 spiro atoms. The van der Waals surface area contributed by atoms with Crippen molar-refractivity contribution in [2.24, 2.45) is 0 Å². The molecule has 8 nitrogen and oxygen atoms in total. The van der Waals surface area contributed by atoms with E-state index in [0.29, 0.717) is 30.0 Å². The van der Waals surface area contributed by atoms with Gasteiger partial charge in [0.2, 0.25) is 0 Å². The van der Waals surface area contributed by atoms with Gasteiger partial charge < -0.3 is 20.1 Å². The lowest BCUT2D eigenvalue weighted by atomic mass is 10.0. The third-order valence-electron chi connectivity index (χ3n) is 4.96. The summed E-state index contributed by atoms with van der Waals surface area (Å²) in [6.07, 6.45) is 1.17. The van der Waals surface area contributed by atoms with Crippen LogP contribution in [0.25, 0.3) is 0 Å². The number of carbonyl (C=O) groups excluding carboxylic acids is 1. The Bertz CT molecular complexity index is 895. The SMILES string of the molecule is O=C1c2ccccc2N[C@H](c2ccc(O)c([N+](=O)[O-])c2)N1C[C@H]1CCCO1. The van der Waals surface area contributed by atoms with Crippen molar-refractivity contribution in [3.05, 3.63) is 63.7 Å². The maximum Gasteiger partial charge on any atom is 0.311 e. The van der Waals surface area contributed by atoms with E-state index in [1.807, 2.05) is 6.07 Å². The highest BCUT2D eigenvalue weighted by molar-refractivity contribution is 6.01. The second-order valence-electron chi connectivity index (χ2n) is 6.69. The Labute approximate surface area is 155 Å². The van der Waals surface area contributed by atoms with Crippen LogP contribution in [0, 0.1) is 10.1 Å². The summed E-state index contributed by atoms with van der Waals surface area (Å²) in [5.41, 5.74) is 1.37. The molecule has 2 atom stereocenters. The van der Waals surface area contributed by atoms with Crippen LogP contribution >= 0.6 is 0 Å². The Hall–Kier alpha value is -3.13. The molecule has 27 heavy (non-hydrogen) atoms. The summed E-state index contributed by atoms with van der Waals surface area (Å²) in [6, 6.07) is 11.4. The first-order chi connectivity index (χ1) is 13.0. The van der Waals surface area contributed by atoms with Crippen LogP contribution < -0.4 is 5.32 Å². The van der Waals surface area contributed by atoms with Crippen LogP contribution in [0.15, 0.2) is 42.5 Å². The van der Waals surface area contributed by atoms with E-state index in [9.17, 15) is 20.0 Å². The lowest BCUT2D eigenvalue weighted by Crippen LogP contribution is -2.46. The van der Waals surface area contributed by atoms with Gasteiger partial charge in [-0.25, -0.2) is 0 Å². The van der Waals surface area contributed by atoms with Crippen LogP contribution in [0.5, 0.6) is 5.75 Å². The minimum absolute atomic E-state index is 0.0596. The number of nitro benzene ring substituents is 1. The van der Waals surface area contributed by atoms with Gasteiger partial charge in [0.25, 0.3) is 5.91 Å². The molecule has 2 aliphatic heterocycles. The average molecular weight is 369 g/mol. The van der Waals surface area contributed by atoms with Gasteiger partial charge in [-0.2, -0.15) is 0 Å². The molecular weight excluding hydrogens is 350 g/mol. The van der Waals surface area contributed by atoms with E-state index in [1.54, 1.807) is 29.2 Å². The Kier molecular flexibility index (Phi) is 4.41. The predicted molar refractivity (Wildman–Crippen MR) is 97.6 cm³/mol. The molecule has 1 fully saturated rings. The zero-order valence-electron chi connectivity index (χ0n) is 14.5. The number of carbonyl (C=O) groups is 1. The average Bonchev–Trinajstić information content (AvgIpc) is 3.17. The van der Waals surface area contributed by atoms with Gasteiger partial charge in [0.15, 0.2) is 5.75 Å². The first-order valence-electron chi connectivity index (χ1n) is 8.80. The van der Waals surface area contributed by atoms with E-state index in [0.717, 1.165) is 12.8 Å². The van der Waals surface area contributed by atoms with E-state index in [-0.39, 0.29) is 12.0 Å². The molecule has 2 heterocycles. The van der Waals surface area contributed by atoms with E-state index in [1.165, 1.54) is 12.1 Å². The number of nitro groups is 1. The summed E-state index contributed by atoms with van der Waals surface area (Å²) >= 11 is 0. The number of phenolic OH excluding ortho intramolecular Hbond substituents is 1. The molecule has 140 valence electrons. The fourth-order valence-corrected chi connectivity index (χ4v) is 3.61. The van der Waals surface area contributed by atoms with Crippen molar-refractivity contribution in [1.29, 1.82) is 0 Å². The zero-order chi connectivity index (χ0) is 19.0. The summed E-state index contributed by atoms with van der Waals surface area (Å²) in [6.45, 7) is 1.06. The first kappa shape index (κ1) is 17.3. The number of hydrogen-bond donors (Lipinski definition) is 2. The van der Waals surface area contributed by atoms with Crippen LogP contribution in [0.3, 0.4) is 0 Å². The second kappa shape index (κ2) is 6.88. The number of benzene rings is 2. The Morgan fingerprint density at radius 3 is 2.85 bits per heavy atom. The number of ether oxygens (including phenoxy) is 1. The zero-order valence-corrected chi connectivity index (χ0v) is 14.5. The van der Waals surface area contributed by atoms with Gasteiger partial charge >= 0.3 is 5.69 Å². The van der Waals surface area contributed by atoms with E-state index in [2.05, 4.69) is 5.32 Å². The molecule has 2 aromatic carbocycles. The second-order valence-corrected chi connectivity index (χ2v) is 6.69. The minimum atomic E-state index is -0.637. The molecule has 0 bridgehead atoms. The molecule has 1 saturated heterocycles. The maximum absolute atomic E-state index is 13.1. The Morgan fingerprint density at radius 1 is 1.30 bits per heavy atom. The number of phenols is 1. The molecule has 2 N–H and O–H groups in total. The van der Waals surface area contributed by atoms with Gasteiger partial charge in [0.1, 0.15) is 6.17 Å². The molecule has 4 rings (SSSR count). The molecule has 0 aromatic heterocycles. The van der Waals surface area contributed by atoms with Crippen molar-refractivity contribution in [3.8, 4) is 5.75 Å². The lowest BCUT2D eigenvalue weighted by molar-refractivity contribution is -0.385. The standard InChI is InChI=1S/C19H19N3O5/c23-17-8-7-12(10-16(17)22(25)26)18-20-15-6-2-1-5-14(15)19(24)21(18)11-13-4-3-9-27-13/h1-2,5-8,10,13,18,20,23H,3-4,9,11H2/t13-,18+/m1/s1. The molecule has 1 amide bonds. The molecule has 0 saturated carbocycles. The molecule has 0 unspecified atom stereocenters. The summed E-state index contributed by atoms with van der Waals surface area (Å²) in [5, 5.41) is 24.2. The van der Waals surface area contributed by atoms with Crippen LogP contribution in [0.2, 0.25) is 0 Å². The van der Waals surface area contributed by atoms with Crippen LogP contribution in [0.1, 0.15) is 34.9 Å². The molecule has 8 heteroatoms. The molecule has 0 aliphatic carbocycles. The minimum Gasteiger partial charge on any atom is -0.502 e. The molecular formula is C19H19N3O5. The largest absolute Gasteiger partial charge is 0.502 e. The van der Waals surface area contributed by atoms with Crippen LogP contribution in [-0.4, -0.2) is 40.1 Å². The number of amides is 1. The number of hydrogen-bond acceptors (Lipinski definition) is 6. The predicted octanol–water partition coefficient (Wildman–Crippen LogP) is 3.05. The molecule has 2 aliphatic rings. The van der Waals surface area contributed by atoms with Gasteiger partial charge in [-0.05, 0) is 31.0 Å². The van der Waals surface area contributed by atoms with E-state index in [4.69, 9.17) is 4.74 Å². The normalized spacial score (nSPS) is 21.6. The van der Waals surface area contributed by atoms with Gasteiger partial charge in [0.05, 0.1) is 16.6 Å². The van der Waals surface area contributed by atoms with Crippen molar-refractivity contribution in [2.75, 3.05) is 18.5 Å². The first-order valence-corrected chi connectivity index (χ1v) is 8.80. The smallest absolute Gasteiger partial charge is 0.311 e. The number of aromatic hydroxyl groups is 1. The summed E-state index contributed by atoms with van der Waals surface area (Å²) in [4.78, 5) is 25.3. The highest BCUT2D eigenvalue weighted by Gasteiger charge is 2.36. The molecule has 0 radical (unpaired) electrons. The highest BCUT2D eigenvalue weighted by atomic mass is 16.6. The Balaban J connectivity index is 1.74. The van der Waals surface area contributed by atoms with Gasteiger partial charge in [-0.1, -0.05) is 18.2 Å². The van der Waals surface area contributed by atoms with Crippen molar-refractivity contribution in [1.82, 2.24) is 4.90 Å². The van der Waals surface area contributed by atoms with Crippen LogP contribution in [0.4, 0.5) is 11.4 Å². The summed E-state index contributed by atoms with van der Waals surface area (Å²) < 4.78 is 5.69. The molecule has 2 aromatic rings. The Morgan fingerprint density at radius 2 is 2.11 bits per heavy atom. The summed E-state index contributed by atoms with van der Waals surface area (Å²) in [5.74, 6) is -0.558. The fourth-order valence-electron chi connectivity index (χ4n) is 3.61. The number of fused-ring (bicyclic) bond motifs is 1. The summed E-state index contributed by atoms with van der Waals surface area (Å²) in [7, 11) is 0. The number of anilines is 1. The number of nitrogens with one attached hydrogen (secondary N) is 1. The van der Waals surface area contributed by atoms with Crippen LogP contribution in [-0.2, 0) is 4.74 Å². The topological polar surface area (TPSA) is 105 Å². The quantitative estimate of drug-likeness (QED) is 0.634. The van der Waals surface area contributed by atoms with Gasteiger partial charge in [-0.15, -0.1) is 0 Å². The number of nitrogens with zero attached hydrogens (tertiary/aromatic N) is 2. The van der Waals surface area contributed by atoms with Crippen molar-refractivity contribution in [2.45, 2.75) is 25.1 Å². The highest BCUT2D eigenvalue weighted by Crippen LogP contribution is 2.37. The van der Waals surface area contributed by atoms with Crippen molar-refractivity contribution < 1.29 is 19.6 Å². The number of rotatable bonds is 4. The third-order valence-corrected chi connectivity index (χ3v) is 4.96. The monoisotopic (exact) mass is 369 g/mol.